The van der Waals surface area contributed by atoms with Crippen molar-refractivity contribution in [3.05, 3.63) is 46.5 Å². The van der Waals surface area contributed by atoms with E-state index in [9.17, 15) is 0 Å². The Morgan fingerprint density at radius 3 is 2.15 bits per heavy atom. The molecule has 0 bridgehead atoms. The lowest BCUT2D eigenvalue weighted by Crippen LogP contribution is -2.12. The Morgan fingerprint density at radius 2 is 1.62 bits per heavy atom. The minimum Gasteiger partial charge on any atom is -0.493 e. The summed E-state index contributed by atoms with van der Waals surface area (Å²) in [4.78, 5) is 2.03. The Kier molecular flexibility index (Phi) is 5.18. The van der Waals surface area contributed by atoms with Crippen LogP contribution in [0.5, 0.6) is 23.0 Å². The number of halogens is 1. The maximum Gasteiger partial charge on any atom is 0.203 e. The molecule has 6 heteroatoms. The van der Waals surface area contributed by atoms with Gasteiger partial charge in [-0.05, 0) is 29.8 Å². The SMILES string of the molecule is COc1cc(C2=C(Cl)COc3cc(N(C)C)ccc32)cc(OC)c1OC. The van der Waals surface area contributed by atoms with Crippen molar-refractivity contribution in [2.75, 3.05) is 46.9 Å². The lowest BCUT2D eigenvalue weighted by molar-refractivity contribution is 0.324. The molecule has 5 nitrogen and oxygen atoms in total. The quantitative estimate of drug-likeness (QED) is 0.784. The van der Waals surface area contributed by atoms with Crippen LogP contribution in [-0.2, 0) is 0 Å². The van der Waals surface area contributed by atoms with Gasteiger partial charge < -0.3 is 23.8 Å². The van der Waals surface area contributed by atoms with Crippen LogP contribution in [0.1, 0.15) is 11.1 Å². The molecule has 2 aromatic carbocycles. The first-order valence-corrected chi connectivity index (χ1v) is 8.51. The molecule has 0 aromatic heterocycles. The Bertz CT molecular complexity index is 836. The Morgan fingerprint density at radius 1 is 0.962 bits per heavy atom. The van der Waals surface area contributed by atoms with E-state index in [2.05, 4.69) is 0 Å². The van der Waals surface area contributed by atoms with Gasteiger partial charge in [0, 0.05) is 37.0 Å². The number of rotatable bonds is 5. The molecule has 0 unspecified atom stereocenters. The summed E-state index contributed by atoms with van der Waals surface area (Å²) in [6.45, 7) is 0.317. The van der Waals surface area contributed by atoms with E-state index in [0.717, 1.165) is 28.1 Å². The van der Waals surface area contributed by atoms with Crippen LogP contribution >= 0.6 is 11.6 Å². The zero-order chi connectivity index (χ0) is 18.8. The highest BCUT2D eigenvalue weighted by molar-refractivity contribution is 6.34. The van der Waals surface area contributed by atoms with Crippen molar-refractivity contribution in [1.82, 2.24) is 0 Å². The first-order valence-electron chi connectivity index (χ1n) is 8.13. The number of fused-ring (bicyclic) bond motifs is 1. The van der Waals surface area contributed by atoms with Crippen LogP contribution in [0.3, 0.4) is 0 Å². The fourth-order valence-electron chi connectivity index (χ4n) is 3.01. The van der Waals surface area contributed by atoms with E-state index in [0.29, 0.717) is 28.9 Å². The number of hydrogen-bond acceptors (Lipinski definition) is 5. The average molecular weight is 376 g/mol. The summed E-state index contributed by atoms with van der Waals surface area (Å²) < 4.78 is 22.2. The Hall–Kier alpha value is -2.53. The molecule has 0 fully saturated rings. The smallest absolute Gasteiger partial charge is 0.203 e. The number of benzene rings is 2. The van der Waals surface area contributed by atoms with E-state index < -0.39 is 0 Å². The molecule has 0 radical (unpaired) electrons. The summed E-state index contributed by atoms with van der Waals surface area (Å²) >= 11 is 6.54. The minimum atomic E-state index is 0.317. The fraction of sp³-hybridized carbons (Fsp3) is 0.300. The molecule has 2 aromatic rings. The summed E-state index contributed by atoms with van der Waals surface area (Å²) in [6, 6.07) is 9.86. The van der Waals surface area contributed by atoms with Crippen molar-refractivity contribution in [2.45, 2.75) is 0 Å². The third-order valence-corrected chi connectivity index (χ3v) is 4.63. The fourth-order valence-corrected chi connectivity index (χ4v) is 3.28. The van der Waals surface area contributed by atoms with Crippen LogP contribution in [0.2, 0.25) is 0 Å². The monoisotopic (exact) mass is 375 g/mol. The van der Waals surface area contributed by atoms with E-state index in [1.807, 2.05) is 49.3 Å². The van der Waals surface area contributed by atoms with Crippen molar-refractivity contribution >= 4 is 22.9 Å². The van der Waals surface area contributed by atoms with Crippen LogP contribution in [0.4, 0.5) is 5.69 Å². The second kappa shape index (κ2) is 7.38. The number of methoxy groups -OCH3 is 3. The zero-order valence-corrected chi connectivity index (χ0v) is 16.3. The summed E-state index contributed by atoms with van der Waals surface area (Å²) in [5, 5.41) is 0.629. The molecule has 0 saturated carbocycles. The van der Waals surface area contributed by atoms with Crippen LogP contribution in [0.15, 0.2) is 35.4 Å². The molecule has 26 heavy (non-hydrogen) atoms. The standard InChI is InChI=1S/C20H22ClNO4/c1-22(2)13-6-7-14-16(10-13)26-11-15(21)19(14)12-8-17(23-3)20(25-5)18(9-12)24-4/h6-10H,11H2,1-5H3. The predicted octanol–water partition coefficient (Wildman–Crippen LogP) is 4.17. The van der Waals surface area contributed by atoms with Gasteiger partial charge in [0.25, 0.3) is 0 Å². The van der Waals surface area contributed by atoms with Gasteiger partial charge in [0.15, 0.2) is 11.5 Å². The second-order valence-electron chi connectivity index (χ2n) is 6.06. The topological polar surface area (TPSA) is 40.2 Å². The third kappa shape index (κ3) is 3.15. The zero-order valence-electron chi connectivity index (χ0n) is 15.6. The van der Waals surface area contributed by atoms with Gasteiger partial charge in [0.05, 0.1) is 26.4 Å². The first kappa shape index (κ1) is 18.3. The molecule has 0 spiro atoms. The number of nitrogens with zero attached hydrogens (tertiary/aromatic N) is 1. The summed E-state index contributed by atoms with van der Waals surface area (Å²) in [6.07, 6.45) is 0. The number of hydrogen-bond donors (Lipinski definition) is 0. The second-order valence-corrected chi connectivity index (χ2v) is 6.51. The Labute approximate surface area is 158 Å². The molecule has 0 N–H and O–H groups in total. The largest absolute Gasteiger partial charge is 0.493 e. The van der Waals surface area contributed by atoms with Gasteiger partial charge >= 0.3 is 0 Å². The molecule has 0 saturated heterocycles. The summed E-state index contributed by atoms with van der Waals surface area (Å²) in [5.74, 6) is 2.50. The number of ether oxygens (including phenoxy) is 4. The predicted molar refractivity (Wildman–Crippen MR) is 104 cm³/mol. The average Bonchev–Trinajstić information content (AvgIpc) is 2.66. The number of anilines is 1. The third-order valence-electron chi connectivity index (χ3n) is 4.33. The van der Waals surface area contributed by atoms with Gasteiger partial charge in [0.1, 0.15) is 12.4 Å². The van der Waals surface area contributed by atoms with Gasteiger partial charge in [-0.25, -0.2) is 0 Å². The van der Waals surface area contributed by atoms with Crippen LogP contribution < -0.4 is 23.8 Å². The van der Waals surface area contributed by atoms with Crippen molar-refractivity contribution in [2.24, 2.45) is 0 Å². The minimum absolute atomic E-state index is 0.317. The molecular formula is C20H22ClNO4. The van der Waals surface area contributed by atoms with E-state index in [1.54, 1.807) is 21.3 Å². The van der Waals surface area contributed by atoms with Crippen molar-refractivity contribution in [3.8, 4) is 23.0 Å². The Balaban J connectivity index is 2.18. The maximum absolute atomic E-state index is 6.54. The van der Waals surface area contributed by atoms with Gasteiger partial charge in [-0.3, -0.25) is 0 Å². The first-order chi connectivity index (χ1) is 12.5. The summed E-state index contributed by atoms with van der Waals surface area (Å²) in [5.41, 5.74) is 3.77. The lowest BCUT2D eigenvalue weighted by atomic mass is 9.94. The van der Waals surface area contributed by atoms with Gasteiger partial charge in [-0.15, -0.1) is 0 Å². The highest BCUT2D eigenvalue weighted by Crippen LogP contribution is 2.45. The van der Waals surface area contributed by atoms with E-state index in [1.165, 1.54) is 0 Å². The molecule has 138 valence electrons. The lowest BCUT2D eigenvalue weighted by Gasteiger charge is -2.24. The molecule has 1 aliphatic rings. The molecular weight excluding hydrogens is 354 g/mol. The van der Waals surface area contributed by atoms with Gasteiger partial charge in [-0.1, -0.05) is 11.6 Å². The normalized spacial score (nSPS) is 13.0. The molecule has 0 aliphatic carbocycles. The van der Waals surface area contributed by atoms with E-state index in [4.69, 9.17) is 30.5 Å². The van der Waals surface area contributed by atoms with Crippen LogP contribution in [0, 0.1) is 0 Å². The van der Waals surface area contributed by atoms with Crippen molar-refractivity contribution < 1.29 is 18.9 Å². The van der Waals surface area contributed by atoms with Crippen molar-refractivity contribution in [1.29, 1.82) is 0 Å². The maximum atomic E-state index is 6.54. The molecule has 0 atom stereocenters. The highest BCUT2D eigenvalue weighted by Gasteiger charge is 2.24. The van der Waals surface area contributed by atoms with E-state index in [-0.39, 0.29) is 0 Å². The van der Waals surface area contributed by atoms with Crippen LogP contribution in [0.25, 0.3) is 5.57 Å². The highest BCUT2D eigenvalue weighted by atomic mass is 35.5. The molecule has 3 rings (SSSR count). The van der Waals surface area contributed by atoms with E-state index >= 15 is 0 Å². The summed E-state index contributed by atoms with van der Waals surface area (Å²) in [7, 11) is 8.76. The van der Waals surface area contributed by atoms with Crippen molar-refractivity contribution in [3.63, 3.8) is 0 Å². The molecule has 1 aliphatic heterocycles. The van der Waals surface area contributed by atoms with Crippen LogP contribution in [-0.4, -0.2) is 42.0 Å². The molecule has 1 heterocycles. The van der Waals surface area contributed by atoms with Gasteiger partial charge in [-0.2, -0.15) is 0 Å². The van der Waals surface area contributed by atoms with Gasteiger partial charge in [0.2, 0.25) is 5.75 Å². The molecule has 0 amide bonds.